The molecule has 18 heavy (non-hydrogen) atoms. The number of carbonyl (C=O) groups is 1. The van der Waals surface area contributed by atoms with Gasteiger partial charge < -0.3 is 5.32 Å². The Morgan fingerprint density at radius 1 is 1.33 bits per heavy atom. The Balaban J connectivity index is 1.99. The van der Waals surface area contributed by atoms with E-state index in [-0.39, 0.29) is 5.91 Å². The number of amides is 1. The Hall–Kier alpha value is -2.10. The zero-order chi connectivity index (χ0) is 12.8. The molecule has 1 aromatic carbocycles. The van der Waals surface area contributed by atoms with E-state index in [9.17, 15) is 4.79 Å². The van der Waals surface area contributed by atoms with Gasteiger partial charge in [-0.1, -0.05) is 19.1 Å². The highest BCUT2D eigenvalue weighted by Crippen LogP contribution is 2.06. The van der Waals surface area contributed by atoms with Gasteiger partial charge in [-0.15, -0.1) is 0 Å². The van der Waals surface area contributed by atoms with Crippen molar-refractivity contribution in [1.29, 1.82) is 0 Å². The summed E-state index contributed by atoms with van der Waals surface area (Å²) in [4.78, 5) is 11.7. The van der Waals surface area contributed by atoms with Crippen LogP contribution in [-0.4, -0.2) is 22.2 Å². The fourth-order valence-electron chi connectivity index (χ4n) is 1.68. The zero-order valence-electron chi connectivity index (χ0n) is 10.5. The normalized spacial score (nSPS) is 10.3. The molecule has 4 heteroatoms. The molecule has 0 radical (unpaired) electrons. The number of hydrogen-bond donors (Lipinski definition) is 1. The molecule has 0 saturated heterocycles. The highest BCUT2D eigenvalue weighted by molar-refractivity contribution is 5.94. The first kappa shape index (κ1) is 12.4. The second kappa shape index (κ2) is 6.00. The van der Waals surface area contributed by atoms with Gasteiger partial charge in [0, 0.05) is 24.5 Å². The summed E-state index contributed by atoms with van der Waals surface area (Å²) in [5, 5.41) is 7.00. The molecule has 0 atom stereocenters. The summed E-state index contributed by atoms with van der Waals surface area (Å²) < 4.78 is 1.85. The first-order chi connectivity index (χ1) is 8.79. The second-order valence-electron chi connectivity index (χ2n) is 4.16. The molecule has 0 spiro atoms. The Morgan fingerprint density at radius 3 is 2.72 bits per heavy atom. The molecule has 0 unspecified atom stereocenters. The van der Waals surface area contributed by atoms with Crippen LogP contribution < -0.4 is 5.32 Å². The fourth-order valence-corrected chi connectivity index (χ4v) is 1.68. The van der Waals surface area contributed by atoms with Crippen LogP contribution >= 0.6 is 0 Å². The van der Waals surface area contributed by atoms with E-state index in [4.69, 9.17) is 0 Å². The summed E-state index contributed by atoms with van der Waals surface area (Å²) in [6.07, 6.45) is 4.62. The zero-order valence-corrected chi connectivity index (χ0v) is 10.5. The van der Waals surface area contributed by atoms with E-state index in [2.05, 4.69) is 10.4 Å². The molecular weight excluding hydrogens is 226 g/mol. The molecule has 1 N–H and O–H groups in total. The lowest BCUT2D eigenvalue weighted by Gasteiger charge is -2.05. The minimum atomic E-state index is -0.0116. The molecule has 2 rings (SSSR count). The summed E-state index contributed by atoms with van der Waals surface area (Å²) in [6.45, 7) is 3.48. The number of hydrogen-bond acceptors (Lipinski definition) is 2. The van der Waals surface area contributed by atoms with Crippen molar-refractivity contribution in [3.05, 3.63) is 53.9 Å². The van der Waals surface area contributed by atoms with Gasteiger partial charge in [-0.2, -0.15) is 5.10 Å². The number of rotatable bonds is 5. The van der Waals surface area contributed by atoms with Gasteiger partial charge in [0.05, 0.1) is 6.54 Å². The topological polar surface area (TPSA) is 46.9 Å². The molecule has 0 aliphatic heterocycles. The maximum absolute atomic E-state index is 11.7. The number of benzene rings is 1. The average molecular weight is 243 g/mol. The Kier molecular flexibility index (Phi) is 4.12. The van der Waals surface area contributed by atoms with Crippen molar-refractivity contribution in [3.63, 3.8) is 0 Å². The van der Waals surface area contributed by atoms with E-state index in [1.165, 1.54) is 0 Å². The summed E-state index contributed by atoms with van der Waals surface area (Å²) in [7, 11) is 0. The standard InChI is InChI=1S/C14H17N3O/c1-2-8-15-14(18)13-6-4-12(5-7-13)11-17-10-3-9-16-17/h3-7,9-10H,2,8,11H2,1H3,(H,15,18). The van der Waals surface area contributed by atoms with Gasteiger partial charge in [0.25, 0.3) is 5.91 Å². The molecule has 94 valence electrons. The maximum Gasteiger partial charge on any atom is 0.251 e. The van der Waals surface area contributed by atoms with Crippen LogP contribution in [0.25, 0.3) is 0 Å². The number of nitrogens with one attached hydrogen (secondary N) is 1. The second-order valence-corrected chi connectivity index (χ2v) is 4.16. The average Bonchev–Trinajstić information content (AvgIpc) is 2.89. The molecule has 1 heterocycles. The van der Waals surface area contributed by atoms with Crippen LogP contribution in [0.3, 0.4) is 0 Å². The third-order valence-electron chi connectivity index (χ3n) is 2.66. The molecule has 0 aliphatic carbocycles. The van der Waals surface area contributed by atoms with Crippen molar-refractivity contribution in [1.82, 2.24) is 15.1 Å². The molecule has 4 nitrogen and oxygen atoms in total. The van der Waals surface area contributed by atoms with E-state index < -0.39 is 0 Å². The SMILES string of the molecule is CCCNC(=O)c1ccc(Cn2cccn2)cc1. The third-order valence-corrected chi connectivity index (χ3v) is 2.66. The van der Waals surface area contributed by atoms with E-state index >= 15 is 0 Å². The summed E-state index contributed by atoms with van der Waals surface area (Å²) >= 11 is 0. The summed E-state index contributed by atoms with van der Waals surface area (Å²) in [5.41, 5.74) is 1.83. The predicted octanol–water partition coefficient (Wildman–Crippen LogP) is 2.07. The molecule has 0 saturated carbocycles. The van der Waals surface area contributed by atoms with Crippen LogP contribution in [0.4, 0.5) is 0 Å². The summed E-state index contributed by atoms with van der Waals surface area (Å²) in [5.74, 6) is -0.0116. The van der Waals surface area contributed by atoms with Gasteiger partial charge in [0.15, 0.2) is 0 Å². The molecule has 0 aliphatic rings. The summed E-state index contributed by atoms with van der Waals surface area (Å²) in [6, 6.07) is 9.52. The van der Waals surface area contributed by atoms with Crippen LogP contribution in [0.1, 0.15) is 29.3 Å². The lowest BCUT2D eigenvalue weighted by molar-refractivity contribution is 0.0953. The van der Waals surface area contributed by atoms with Gasteiger partial charge in [-0.05, 0) is 30.2 Å². The van der Waals surface area contributed by atoms with Crippen LogP contribution in [0.2, 0.25) is 0 Å². The lowest BCUT2D eigenvalue weighted by Crippen LogP contribution is -2.23. The number of nitrogens with zero attached hydrogens (tertiary/aromatic N) is 2. The Bertz CT molecular complexity index is 488. The molecule has 0 bridgehead atoms. The number of aromatic nitrogens is 2. The van der Waals surface area contributed by atoms with Crippen molar-refractivity contribution in [2.24, 2.45) is 0 Å². The first-order valence-corrected chi connectivity index (χ1v) is 6.14. The van der Waals surface area contributed by atoms with Crippen molar-refractivity contribution in [2.75, 3.05) is 6.54 Å². The first-order valence-electron chi connectivity index (χ1n) is 6.14. The Labute approximate surface area is 107 Å². The monoisotopic (exact) mass is 243 g/mol. The highest BCUT2D eigenvalue weighted by atomic mass is 16.1. The van der Waals surface area contributed by atoms with E-state index in [0.717, 1.165) is 18.5 Å². The van der Waals surface area contributed by atoms with E-state index in [1.54, 1.807) is 6.20 Å². The maximum atomic E-state index is 11.7. The van der Waals surface area contributed by atoms with E-state index in [1.807, 2.05) is 48.1 Å². The quantitative estimate of drug-likeness (QED) is 0.874. The lowest BCUT2D eigenvalue weighted by atomic mass is 10.1. The van der Waals surface area contributed by atoms with Gasteiger partial charge in [0.1, 0.15) is 0 Å². The van der Waals surface area contributed by atoms with Crippen molar-refractivity contribution in [3.8, 4) is 0 Å². The van der Waals surface area contributed by atoms with Crippen LogP contribution in [0, 0.1) is 0 Å². The molecule has 1 aromatic heterocycles. The predicted molar refractivity (Wildman–Crippen MR) is 70.4 cm³/mol. The van der Waals surface area contributed by atoms with E-state index in [0.29, 0.717) is 12.1 Å². The minimum Gasteiger partial charge on any atom is -0.352 e. The van der Waals surface area contributed by atoms with Gasteiger partial charge in [0.2, 0.25) is 0 Å². The third kappa shape index (κ3) is 3.20. The van der Waals surface area contributed by atoms with Gasteiger partial charge in [-0.3, -0.25) is 9.48 Å². The number of carbonyl (C=O) groups excluding carboxylic acids is 1. The molecule has 0 fully saturated rings. The van der Waals surface area contributed by atoms with Gasteiger partial charge in [-0.25, -0.2) is 0 Å². The molecule has 1 amide bonds. The smallest absolute Gasteiger partial charge is 0.251 e. The van der Waals surface area contributed by atoms with Crippen molar-refractivity contribution in [2.45, 2.75) is 19.9 Å². The van der Waals surface area contributed by atoms with Crippen molar-refractivity contribution >= 4 is 5.91 Å². The highest BCUT2D eigenvalue weighted by Gasteiger charge is 2.04. The molecule has 2 aromatic rings. The minimum absolute atomic E-state index is 0.0116. The van der Waals surface area contributed by atoms with Crippen molar-refractivity contribution < 1.29 is 4.79 Å². The van der Waals surface area contributed by atoms with Crippen LogP contribution in [-0.2, 0) is 6.54 Å². The largest absolute Gasteiger partial charge is 0.352 e. The molecular formula is C14H17N3O. The van der Waals surface area contributed by atoms with Gasteiger partial charge >= 0.3 is 0 Å². The van der Waals surface area contributed by atoms with Crippen LogP contribution in [0.5, 0.6) is 0 Å². The fraction of sp³-hybridized carbons (Fsp3) is 0.286. The Morgan fingerprint density at radius 2 is 2.11 bits per heavy atom. The van der Waals surface area contributed by atoms with Crippen LogP contribution in [0.15, 0.2) is 42.7 Å².